The molecule has 0 aliphatic rings. The fourth-order valence-corrected chi connectivity index (χ4v) is 3.57. The fraction of sp³-hybridized carbons (Fsp3) is 0.462. The molecule has 0 radical (unpaired) electrons. The van der Waals surface area contributed by atoms with Gasteiger partial charge in [-0.2, -0.15) is 5.10 Å². The van der Waals surface area contributed by atoms with Crippen LogP contribution in [0.3, 0.4) is 0 Å². The zero-order valence-corrected chi connectivity index (χ0v) is 13.9. The van der Waals surface area contributed by atoms with Crippen LogP contribution in [-0.2, 0) is 0 Å². The van der Waals surface area contributed by atoms with Gasteiger partial charge in [0, 0.05) is 10.9 Å². The van der Waals surface area contributed by atoms with Crippen molar-refractivity contribution in [3.05, 3.63) is 32.2 Å². The highest BCUT2D eigenvalue weighted by Gasteiger charge is 2.23. The van der Waals surface area contributed by atoms with Gasteiger partial charge in [-0.1, -0.05) is 0 Å². The summed E-state index contributed by atoms with van der Waals surface area (Å²) in [5, 5.41) is 4.37. The van der Waals surface area contributed by atoms with Gasteiger partial charge in [0.25, 0.3) is 0 Å². The van der Waals surface area contributed by atoms with E-state index in [1.807, 2.05) is 4.68 Å². The van der Waals surface area contributed by atoms with Gasteiger partial charge in [-0.15, -0.1) is 11.3 Å². The Hall–Kier alpha value is -0.850. The smallest absolute Gasteiger partial charge is 0.161 e. The van der Waals surface area contributed by atoms with E-state index in [-0.39, 0.29) is 12.1 Å². The maximum atomic E-state index is 6.41. The van der Waals surface area contributed by atoms with Crippen molar-refractivity contribution in [1.82, 2.24) is 9.78 Å². The molecule has 2 heterocycles. The second-order valence-electron chi connectivity index (χ2n) is 4.72. The Morgan fingerprint density at radius 2 is 2.16 bits per heavy atom. The number of nitrogens with two attached hydrogens (primary N) is 1. The Kier molecular flexibility index (Phi) is 4.32. The van der Waals surface area contributed by atoms with Crippen molar-refractivity contribution >= 4 is 27.3 Å². The maximum absolute atomic E-state index is 6.41. The molecule has 0 amide bonds. The summed E-state index contributed by atoms with van der Waals surface area (Å²) >= 11 is 5.20. The topological polar surface area (TPSA) is 53.1 Å². The predicted molar refractivity (Wildman–Crippen MR) is 82.0 cm³/mol. The zero-order chi connectivity index (χ0) is 14.2. The lowest BCUT2D eigenvalue weighted by atomic mass is 10.1. The van der Waals surface area contributed by atoms with Gasteiger partial charge >= 0.3 is 0 Å². The van der Waals surface area contributed by atoms with Gasteiger partial charge in [0.2, 0.25) is 0 Å². The monoisotopic (exact) mass is 343 g/mol. The van der Waals surface area contributed by atoms with E-state index >= 15 is 0 Å². The quantitative estimate of drug-likeness (QED) is 0.921. The van der Waals surface area contributed by atoms with Gasteiger partial charge in [-0.05, 0) is 48.3 Å². The first-order valence-electron chi connectivity index (χ1n) is 6.08. The number of thiophene rings is 1. The van der Waals surface area contributed by atoms with Crippen LogP contribution < -0.4 is 10.5 Å². The summed E-state index contributed by atoms with van der Waals surface area (Å²) in [6.45, 7) is 6.23. The van der Waals surface area contributed by atoms with Crippen molar-refractivity contribution in [3.8, 4) is 5.75 Å². The Bertz CT molecular complexity index is 557. The van der Waals surface area contributed by atoms with Crippen LogP contribution in [0.4, 0.5) is 0 Å². The SMILES string of the molecule is COc1cnn(C(C)C)c1C(N)c1cc(C)c(Br)s1. The number of nitrogens with zero attached hydrogens (tertiary/aromatic N) is 2. The Morgan fingerprint density at radius 1 is 1.47 bits per heavy atom. The summed E-state index contributed by atoms with van der Waals surface area (Å²) < 4.78 is 8.43. The number of ether oxygens (including phenoxy) is 1. The molecule has 1 unspecified atom stereocenters. The van der Waals surface area contributed by atoms with Gasteiger partial charge in [0.05, 0.1) is 23.1 Å². The van der Waals surface area contributed by atoms with Crippen LogP contribution in [0.15, 0.2) is 16.0 Å². The van der Waals surface area contributed by atoms with E-state index in [1.165, 1.54) is 5.56 Å². The Labute approximate surface area is 125 Å². The van der Waals surface area contributed by atoms with Crippen molar-refractivity contribution in [3.63, 3.8) is 0 Å². The van der Waals surface area contributed by atoms with Crippen LogP contribution in [0.1, 0.15) is 42.1 Å². The molecule has 104 valence electrons. The number of hydrogen-bond acceptors (Lipinski definition) is 4. The number of halogens is 1. The highest BCUT2D eigenvalue weighted by atomic mass is 79.9. The molecule has 0 aliphatic heterocycles. The molecule has 0 bridgehead atoms. The zero-order valence-electron chi connectivity index (χ0n) is 11.5. The summed E-state index contributed by atoms with van der Waals surface area (Å²) in [5.41, 5.74) is 8.53. The van der Waals surface area contributed by atoms with E-state index in [0.29, 0.717) is 0 Å². The molecule has 1 atom stereocenters. The van der Waals surface area contributed by atoms with Crippen LogP contribution in [0.2, 0.25) is 0 Å². The molecule has 2 aromatic heterocycles. The van der Waals surface area contributed by atoms with Crippen LogP contribution in [0, 0.1) is 6.92 Å². The number of rotatable bonds is 4. The lowest BCUT2D eigenvalue weighted by Gasteiger charge is -2.17. The Balaban J connectivity index is 2.47. The van der Waals surface area contributed by atoms with Gasteiger partial charge in [0.1, 0.15) is 5.69 Å². The largest absolute Gasteiger partial charge is 0.493 e. The van der Waals surface area contributed by atoms with E-state index in [0.717, 1.165) is 20.1 Å². The van der Waals surface area contributed by atoms with E-state index in [2.05, 4.69) is 47.9 Å². The first-order chi connectivity index (χ1) is 8.95. The predicted octanol–water partition coefficient (Wildman–Crippen LogP) is 3.65. The van der Waals surface area contributed by atoms with Gasteiger partial charge in [-0.25, -0.2) is 0 Å². The third-order valence-electron chi connectivity index (χ3n) is 2.99. The number of aryl methyl sites for hydroxylation is 1. The molecule has 0 spiro atoms. The molecule has 19 heavy (non-hydrogen) atoms. The second kappa shape index (κ2) is 5.64. The van der Waals surface area contributed by atoms with Crippen molar-refractivity contribution in [2.45, 2.75) is 32.9 Å². The molecule has 0 aliphatic carbocycles. The van der Waals surface area contributed by atoms with Crippen molar-refractivity contribution in [2.24, 2.45) is 5.73 Å². The molecule has 4 nitrogen and oxygen atoms in total. The van der Waals surface area contributed by atoms with E-state index in [9.17, 15) is 0 Å². The molecule has 0 aromatic carbocycles. The minimum absolute atomic E-state index is 0.227. The fourth-order valence-electron chi connectivity index (χ4n) is 1.99. The lowest BCUT2D eigenvalue weighted by Crippen LogP contribution is -2.18. The van der Waals surface area contributed by atoms with Crippen LogP contribution in [-0.4, -0.2) is 16.9 Å². The molecule has 6 heteroatoms. The van der Waals surface area contributed by atoms with E-state index in [4.69, 9.17) is 10.5 Å². The number of hydrogen-bond donors (Lipinski definition) is 1. The second-order valence-corrected chi connectivity index (χ2v) is 7.12. The summed E-state index contributed by atoms with van der Waals surface area (Å²) in [7, 11) is 1.65. The lowest BCUT2D eigenvalue weighted by molar-refractivity contribution is 0.401. The first kappa shape index (κ1) is 14.6. The van der Waals surface area contributed by atoms with Crippen molar-refractivity contribution in [2.75, 3.05) is 7.11 Å². The molecule has 2 aromatic rings. The minimum Gasteiger partial charge on any atom is -0.493 e. The van der Waals surface area contributed by atoms with Gasteiger partial charge < -0.3 is 10.5 Å². The number of aromatic nitrogens is 2. The summed E-state index contributed by atoms with van der Waals surface area (Å²) in [4.78, 5) is 1.10. The molecule has 2 rings (SSSR count). The average Bonchev–Trinajstić information content (AvgIpc) is 2.93. The average molecular weight is 344 g/mol. The standard InChI is InChI=1S/C13H18BrN3OS/c1-7(2)17-12(9(18-4)6-16-17)11(15)10-5-8(3)13(14)19-10/h5-7,11H,15H2,1-4H3. The van der Waals surface area contributed by atoms with Crippen LogP contribution >= 0.6 is 27.3 Å². The normalized spacial score (nSPS) is 13.0. The van der Waals surface area contributed by atoms with E-state index in [1.54, 1.807) is 24.6 Å². The van der Waals surface area contributed by atoms with E-state index < -0.39 is 0 Å². The maximum Gasteiger partial charge on any atom is 0.161 e. The molecular formula is C13H18BrN3OS. The summed E-state index contributed by atoms with van der Waals surface area (Å²) in [6.07, 6.45) is 1.73. The molecular weight excluding hydrogens is 326 g/mol. The highest BCUT2D eigenvalue weighted by Crippen LogP contribution is 2.36. The molecule has 0 saturated heterocycles. The highest BCUT2D eigenvalue weighted by molar-refractivity contribution is 9.11. The summed E-state index contributed by atoms with van der Waals surface area (Å²) in [6, 6.07) is 2.13. The molecule has 0 saturated carbocycles. The van der Waals surface area contributed by atoms with Crippen LogP contribution in [0.5, 0.6) is 5.75 Å². The Morgan fingerprint density at radius 3 is 2.63 bits per heavy atom. The first-order valence-corrected chi connectivity index (χ1v) is 7.69. The third kappa shape index (κ3) is 2.70. The van der Waals surface area contributed by atoms with Crippen molar-refractivity contribution < 1.29 is 4.74 Å². The van der Waals surface area contributed by atoms with Crippen molar-refractivity contribution in [1.29, 1.82) is 0 Å². The summed E-state index contributed by atoms with van der Waals surface area (Å²) in [5.74, 6) is 0.739. The van der Waals surface area contributed by atoms with Crippen LogP contribution in [0.25, 0.3) is 0 Å². The third-order valence-corrected chi connectivity index (χ3v) is 5.20. The molecule has 0 fully saturated rings. The molecule has 2 N–H and O–H groups in total. The minimum atomic E-state index is -0.227. The van der Waals surface area contributed by atoms with Gasteiger partial charge in [-0.3, -0.25) is 4.68 Å². The number of methoxy groups -OCH3 is 1. The van der Waals surface area contributed by atoms with Gasteiger partial charge in [0.15, 0.2) is 5.75 Å².